The number of fused-ring (bicyclic) bond motifs is 1. The van der Waals surface area contributed by atoms with Gasteiger partial charge in [-0.3, -0.25) is 18.7 Å². The molecule has 0 bridgehead atoms. The van der Waals surface area contributed by atoms with E-state index in [9.17, 15) is 18.0 Å². The number of imidazole rings is 1. The van der Waals surface area contributed by atoms with Crippen molar-refractivity contribution in [3.8, 4) is 0 Å². The Morgan fingerprint density at radius 1 is 1.10 bits per heavy atom. The van der Waals surface area contributed by atoms with E-state index in [1.54, 1.807) is 29.8 Å². The lowest BCUT2D eigenvalue weighted by molar-refractivity contribution is 0.591. The van der Waals surface area contributed by atoms with Crippen molar-refractivity contribution in [2.24, 2.45) is 7.05 Å². The average molecular weight is 439 g/mol. The van der Waals surface area contributed by atoms with Crippen molar-refractivity contribution in [2.75, 3.05) is 4.31 Å². The number of anilines is 1. The van der Waals surface area contributed by atoms with Gasteiger partial charge in [-0.05, 0) is 23.9 Å². The van der Waals surface area contributed by atoms with E-state index in [0.29, 0.717) is 23.4 Å². The molecule has 0 atom stereocenters. The Kier molecular flexibility index (Phi) is 4.30. The number of aryl methyl sites for hydroxylation is 2. The van der Waals surface area contributed by atoms with E-state index < -0.39 is 21.3 Å². The monoisotopic (exact) mass is 439 g/mol. The highest BCUT2D eigenvalue weighted by Gasteiger charge is 2.36. The van der Waals surface area contributed by atoms with Crippen molar-refractivity contribution >= 4 is 37.6 Å². The molecule has 0 spiro atoms. The zero-order valence-corrected chi connectivity index (χ0v) is 17.9. The van der Waals surface area contributed by atoms with Crippen LogP contribution >= 0.6 is 0 Å². The molecule has 3 heterocycles. The van der Waals surface area contributed by atoms with Gasteiger partial charge in [0, 0.05) is 19.0 Å². The van der Waals surface area contributed by atoms with E-state index in [1.807, 2.05) is 25.1 Å². The third-order valence-corrected chi connectivity index (χ3v) is 7.61. The van der Waals surface area contributed by atoms with Crippen LogP contribution in [-0.2, 0) is 30.2 Å². The Morgan fingerprint density at radius 3 is 2.58 bits per heavy atom. The predicted molar refractivity (Wildman–Crippen MR) is 118 cm³/mol. The molecule has 1 aliphatic rings. The van der Waals surface area contributed by atoms with E-state index in [2.05, 4.69) is 9.97 Å². The molecule has 0 aliphatic carbocycles. The normalized spacial score (nSPS) is 14.7. The first-order valence-corrected chi connectivity index (χ1v) is 11.5. The summed E-state index contributed by atoms with van der Waals surface area (Å²) in [6.07, 6.45) is 1.63. The lowest BCUT2D eigenvalue weighted by Crippen LogP contribution is -2.31. The van der Waals surface area contributed by atoms with Crippen LogP contribution < -0.4 is 15.6 Å². The van der Waals surface area contributed by atoms with Crippen molar-refractivity contribution < 1.29 is 8.42 Å². The van der Waals surface area contributed by atoms with E-state index in [0.717, 1.165) is 18.2 Å². The fourth-order valence-corrected chi connectivity index (χ4v) is 5.88. The summed E-state index contributed by atoms with van der Waals surface area (Å²) >= 11 is 0. The molecule has 0 fully saturated rings. The summed E-state index contributed by atoms with van der Waals surface area (Å²) in [5.41, 5.74) is 0.0488. The number of H-pyrrole nitrogens is 1. The summed E-state index contributed by atoms with van der Waals surface area (Å²) in [4.78, 5) is 32.0. The molecule has 0 saturated heterocycles. The van der Waals surface area contributed by atoms with Gasteiger partial charge in [-0.2, -0.15) is 0 Å². The first-order valence-electron chi connectivity index (χ1n) is 10.1. The third kappa shape index (κ3) is 2.74. The second kappa shape index (κ2) is 6.81. The van der Waals surface area contributed by atoms with Crippen molar-refractivity contribution in [1.82, 2.24) is 19.1 Å². The van der Waals surface area contributed by atoms with Crippen LogP contribution in [0.15, 0.2) is 50.9 Å². The molecule has 0 saturated carbocycles. The molecule has 2 aromatic heterocycles. The second-order valence-electron chi connectivity index (χ2n) is 7.67. The number of nitrogens with zero attached hydrogens (tertiary/aromatic N) is 4. The molecule has 5 rings (SSSR count). The van der Waals surface area contributed by atoms with Gasteiger partial charge in [0.25, 0.3) is 15.6 Å². The van der Waals surface area contributed by atoms with Crippen LogP contribution in [0.3, 0.4) is 0 Å². The fraction of sp³-hybridized carbons (Fsp3) is 0.286. The Bertz CT molecular complexity index is 1570. The minimum atomic E-state index is -3.77. The molecule has 160 valence electrons. The van der Waals surface area contributed by atoms with E-state index in [-0.39, 0.29) is 22.6 Å². The standard InChI is InChI=1S/C21H21N5O4S/c1-3-4-11-25-19-18(20(27)23-21(25)28)24(2)16(22-19)12-26-14-9-5-7-13-8-6-10-15(17(13)14)31(26,29)30/h5-10H,3-4,11-12H2,1-2H3,(H,23,27,28). The Hall–Kier alpha value is -3.40. The van der Waals surface area contributed by atoms with E-state index in [4.69, 9.17) is 0 Å². The first kappa shape index (κ1) is 19.6. The lowest BCUT2D eigenvalue weighted by Gasteiger charge is -2.18. The smallest absolute Gasteiger partial charge is 0.324 e. The number of sulfonamides is 1. The zero-order valence-electron chi connectivity index (χ0n) is 17.1. The van der Waals surface area contributed by atoms with Crippen LogP contribution in [-0.4, -0.2) is 27.5 Å². The Morgan fingerprint density at radius 2 is 1.84 bits per heavy atom. The summed E-state index contributed by atoms with van der Waals surface area (Å²) in [6.45, 7) is 2.38. The maximum atomic E-state index is 13.3. The van der Waals surface area contributed by atoms with E-state index >= 15 is 0 Å². The second-order valence-corrected chi connectivity index (χ2v) is 9.50. The Balaban J connectivity index is 1.68. The van der Waals surface area contributed by atoms with Gasteiger partial charge >= 0.3 is 5.69 Å². The van der Waals surface area contributed by atoms with Gasteiger partial charge in [0.1, 0.15) is 5.82 Å². The van der Waals surface area contributed by atoms with Crippen LogP contribution in [0.1, 0.15) is 25.6 Å². The molecule has 1 N–H and O–H groups in total. The maximum absolute atomic E-state index is 13.3. The number of aromatic nitrogens is 4. The molecule has 4 aromatic rings. The van der Waals surface area contributed by atoms with Gasteiger partial charge in [-0.15, -0.1) is 0 Å². The molecule has 10 heteroatoms. The van der Waals surface area contributed by atoms with Gasteiger partial charge in [0.2, 0.25) is 0 Å². The molecular weight excluding hydrogens is 418 g/mol. The van der Waals surface area contributed by atoms with Crippen molar-refractivity contribution in [2.45, 2.75) is 37.8 Å². The minimum Gasteiger partial charge on any atom is -0.324 e. The first-order chi connectivity index (χ1) is 14.8. The summed E-state index contributed by atoms with van der Waals surface area (Å²) in [5.74, 6) is 0.379. The Labute approximate surface area is 177 Å². The number of aromatic amines is 1. The minimum absolute atomic E-state index is 0.0529. The van der Waals surface area contributed by atoms with Gasteiger partial charge in [0.05, 0.1) is 17.1 Å². The SMILES string of the molecule is CCCCn1c(=O)[nH]c(=O)c2c1nc(CN1c3cccc4cccc(c34)S1(=O)=O)n2C. The number of nitrogens with one attached hydrogen (secondary N) is 1. The quantitative estimate of drug-likeness (QED) is 0.512. The van der Waals surface area contributed by atoms with Gasteiger partial charge in [-0.1, -0.05) is 37.6 Å². The highest BCUT2D eigenvalue weighted by atomic mass is 32.2. The number of rotatable bonds is 5. The lowest BCUT2D eigenvalue weighted by atomic mass is 10.1. The van der Waals surface area contributed by atoms with Gasteiger partial charge in [0.15, 0.2) is 11.2 Å². The molecular formula is C21H21N5O4S. The van der Waals surface area contributed by atoms with E-state index in [1.165, 1.54) is 8.87 Å². The van der Waals surface area contributed by atoms with Crippen LogP contribution in [0.2, 0.25) is 0 Å². The summed E-state index contributed by atoms with van der Waals surface area (Å²) in [7, 11) is -2.11. The highest BCUT2D eigenvalue weighted by Crippen LogP contribution is 2.42. The number of benzene rings is 2. The molecule has 0 unspecified atom stereocenters. The summed E-state index contributed by atoms with van der Waals surface area (Å²) in [5, 5.41) is 1.53. The number of hydrogen-bond acceptors (Lipinski definition) is 5. The number of unbranched alkanes of at least 4 members (excludes halogenated alkanes) is 1. The number of hydrogen-bond donors (Lipinski definition) is 1. The fourth-order valence-electron chi connectivity index (χ4n) is 4.21. The van der Waals surface area contributed by atoms with Crippen molar-refractivity contribution in [3.05, 3.63) is 63.1 Å². The molecule has 0 amide bonds. The topological polar surface area (TPSA) is 110 Å². The zero-order chi connectivity index (χ0) is 21.9. The maximum Gasteiger partial charge on any atom is 0.330 e. The molecule has 9 nitrogen and oxygen atoms in total. The highest BCUT2D eigenvalue weighted by molar-refractivity contribution is 7.93. The largest absolute Gasteiger partial charge is 0.330 e. The van der Waals surface area contributed by atoms with Crippen LogP contribution in [0.25, 0.3) is 21.9 Å². The molecule has 0 radical (unpaired) electrons. The molecule has 31 heavy (non-hydrogen) atoms. The van der Waals surface area contributed by atoms with Crippen LogP contribution in [0.5, 0.6) is 0 Å². The summed E-state index contributed by atoms with van der Waals surface area (Å²) in [6, 6.07) is 10.7. The van der Waals surface area contributed by atoms with Crippen LogP contribution in [0, 0.1) is 0 Å². The van der Waals surface area contributed by atoms with Gasteiger partial charge < -0.3 is 4.57 Å². The molecule has 1 aliphatic heterocycles. The van der Waals surface area contributed by atoms with Gasteiger partial charge in [-0.25, -0.2) is 18.2 Å². The summed E-state index contributed by atoms with van der Waals surface area (Å²) < 4.78 is 30.9. The van der Waals surface area contributed by atoms with Crippen LogP contribution in [0.4, 0.5) is 5.69 Å². The third-order valence-electron chi connectivity index (χ3n) is 5.81. The average Bonchev–Trinajstić information content (AvgIpc) is 3.17. The predicted octanol–water partition coefficient (Wildman–Crippen LogP) is 2.09. The van der Waals surface area contributed by atoms with Crippen molar-refractivity contribution in [1.29, 1.82) is 0 Å². The van der Waals surface area contributed by atoms with Crippen molar-refractivity contribution in [3.63, 3.8) is 0 Å². The molecule has 2 aromatic carbocycles.